The molecule has 0 radical (unpaired) electrons. The van der Waals surface area contributed by atoms with Crippen LogP contribution >= 0.6 is 0 Å². The Bertz CT molecular complexity index is 457. The fraction of sp³-hybridized carbons (Fsp3) is 0.250. The van der Waals surface area contributed by atoms with Crippen molar-refractivity contribution in [3.8, 4) is 0 Å². The van der Waals surface area contributed by atoms with Gasteiger partial charge in [-0.2, -0.15) is 4.79 Å². The molecule has 0 atom stereocenters. The van der Waals surface area contributed by atoms with Gasteiger partial charge in [0.1, 0.15) is 0 Å². The van der Waals surface area contributed by atoms with Gasteiger partial charge in [-0.1, -0.05) is 44.2 Å². The Balaban J connectivity index is 3.06. The fourth-order valence-electron chi connectivity index (χ4n) is 1.21. The maximum atomic E-state index is 11.8. The Morgan fingerprint density at radius 1 is 1.19 bits per heavy atom. The number of carbonyl (C=O) groups is 2. The molecule has 0 saturated carbocycles. The second-order valence-corrected chi connectivity index (χ2v) is 3.66. The number of rotatable bonds is 4. The molecule has 0 saturated heterocycles. The van der Waals surface area contributed by atoms with Crippen LogP contribution in [0.5, 0.6) is 0 Å². The van der Waals surface area contributed by atoms with Crippen LogP contribution in [-0.4, -0.2) is 22.1 Å². The van der Waals surface area contributed by atoms with Crippen molar-refractivity contribution in [2.75, 3.05) is 0 Å². The molecule has 0 amide bonds. The third-order valence-electron chi connectivity index (χ3n) is 2.11. The minimum absolute atomic E-state index is 0.337. The number of ketones is 2. The lowest BCUT2D eigenvalue weighted by Gasteiger charge is -1.99. The van der Waals surface area contributed by atoms with Crippen molar-refractivity contribution in [2.45, 2.75) is 13.8 Å². The summed E-state index contributed by atoms with van der Waals surface area (Å²) in [5, 5.41) is 0. The fourth-order valence-corrected chi connectivity index (χ4v) is 1.21. The van der Waals surface area contributed by atoms with Crippen LogP contribution in [-0.2, 0) is 4.79 Å². The molecule has 0 unspecified atom stereocenters. The molecule has 1 aromatic rings. The van der Waals surface area contributed by atoms with E-state index in [1.807, 2.05) is 0 Å². The molecule has 0 aromatic heterocycles. The molecule has 82 valence electrons. The molecule has 0 fully saturated rings. The third kappa shape index (κ3) is 2.49. The Morgan fingerprint density at radius 2 is 1.75 bits per heavy atom. The lowest BCUT2D eigenvalue weighted by Crippen LogP contribution is -2.29. The van der Waals surface area contributed by atoms with Crippen molar-refractivity contribution in [2.24, 2.45) is 5.92 Å². The SMILES string of the molecule is CC(C)C(=O)C(=[N+]=[N-])C(=O)c1ccccc1. The van der Waals surface area contributed by atoms with Crippen molar-refractivity contribution in [3.63, 3.8) is 0 Å². The predicted octanol–water partition coefficient (Wildman–Crippen LogP) is 1.77. The molecule has 0 aliphatic heterocycles. The van der Waals surface area contributed by atoms with Crippen molar-refractivity contribution < 1.29 is 14.4 Å². The first-order valence-electron chi connectivity index (χ1n) is 4.94. The molecule has 0 heterocycles. The molecule has 0 N–H and O–H groups in total. The van der Waals surface area contributed by atoms with E-state index >= 15 is 0 Å². The van der Waals surface area contributed by atoms with E-state index in [-0.39, 0.29) is 5.92 Å². The normalized spacial score (nSPS) is 9.69. The highest BCUT2D eigenvalue weighted by molar-refractivity contribution is 6.67. The Kier molecular flexibility index (Phi) is 3.86. The summed E-state index contributed by atoms with van der Waals surface area (Å²) in [4.78, 5) is 26.2. The average Bonchev–Trinajstić information content (AvgIpc) is 2.30. The lowest BCUT2D eigenvalue weighted by atomic mass is 9.98. The topological polar surface area (TPSA) is 70.5 Å². The van der Waals surface area contributed by atoms with Crippen molar-refractivity contribution in [1.29, 1.82) is 0 Å². The molecule has 4 heteroatoms. The monoisotopic (exact) mass is 216 g/mol. The van der Waals surface area contributed by atoms with E-state index in [9.17, 15) is 9.59 Å². The maximum Gasteiger partial charge on any atom is 0.405 e. The van der Waals surface area contributed by atoms with Crippen LogP contribution in [0.2, 0.25) is 0 Å². The van der Waals surface area contributed by atoms with Crippen LogP contribution in [0.3, 0.4) is 0 Å². The summed E-state index contributed by atoms with van der Waals surface area (Å²) in [5.74, 6) is -1.39. The first kappa shape index (κ1) is 12.0. The molecule has 1 aromatic carbocycles. The van der Waals surface area contributed by atoms with Gasteiger partial charge in [0.05, 0.1) is 0 Å². The van der Waals surface area contributed by atoms with Crippen molar-refractivity contribution in [3.05, 3.63) is 41.4 Å². The van der Waals surface area contributed by atoms with Gasteiger partial charge >= 0.3 is 5.71 Å². The van der Waals surface area contributed by atoms with Gasteiger partial charge in [-0.3, -0.25) is 9.59 Å². The van der Waals surface area contributed by atoms with Crippen LogP contribution < -0.4 is 0 Å². The summed E-state index contributed by atoms with van der Waals surface area (Å²) in [6.45, 7) is 3.29. The number of hydrogen-bond acceptors (Lipinski definition) is 2. The summed E-state index contributed by atoms with van der Waals surface area (Å²) < 4.78 is 0. The number of benzene rings is 1. The van der Waals surface area contributed by atoms with E-state index in [2.05, 4.69) is 4.79 Å². The highest BCUT2D eigenvalue weighted by Crippen LogP contribution is 2.04. The minimum atomic E-state index is -0.554. The summed E-state index contributed by atoms with van der Waals surface area (Å²) in [5.41, 5.74) is 8.65. The smallest absolute Gasteiger partial charge is 0.360 e. The summed E-state index contributed by atoms with van der Waals surface area (Å²) in [7, 11) is 0. The Hall–Kier alpha value is -2.06. The first-order chi connectivity index (χ1) is 7.57. The van der Waals surface area contributed by atoms with Gasteiger partial charge in [-0.05, 0) is 0 Å². The molecule has 0 spiro atoms. The average molecular weight is 216 g/mol. The standard InChI is InChI=1S/C12H12N2O2/c1-8(2)11(15)10(14-13)12(16)9-6-4-3-5-7-9/h3-8H,1-2H3. The van der Waals surface area contributed by atoms with E-state index in [1.54, 1.807) is 44.2 Å². The van der Waals surface area contributed by atoms with Crippen LogP contribution in [0.15, 0.2) is 30.3 Å². The zero-order valence-electron chi connectivity index (χ0n) is 9.18. The van der Waals surface area contributed by atoms with Crippen LogP contribution in [0.25, 0.3) is 5.53 Å². The summed E-state index contributed by atoms with van der Waals surface area (Å²) in [6.07, 6.45) is 0. The van der Waals surface area contributed by atoms with E-state index < -0.39 is 17.3 Å². The number of nitrogens with zero attached hydrogens (tertiary/aromatic N) is 2. The number of hydrogen-bond donors (Lipinski definition) is 0. The highest BCUT2D eigenvalue weighted by Gasteiger charge is 2.31. The van der Waals surface area contributed by atoms with E-state index in [4.69, 9.17) is 5.53 Å². The third-order valence-corrected chi connectivity index (χ3v) is 2.11. The first-order valence-corrected chi connectivity index (χ1v) is 4.94. The van der Waals surface area contributed by atoms with Gasteiger partial charge in [-0.25, -0.2) is 0 Å². The quantitative estimate of drug-likeness (QED) is 0.253. The van der Waals surface area contributed by atoms with Gasteiger partial charge in [0, 0.05) is 11.5 Å². The maximum absolute atomic E-state index is 11.8. The largest absolute Gasteiger partial charge is 0.405 e. The summed E-state index contributed by atoms with van der Waals surface area (Å²) >= 11 is 0. The van der Waals surface area contributed by atoms with Gasteiger partial charge < -0.3 is 5.53 Å². The van der Waals surface area contributed by atoms with Gasteiger partial charge in [-0.15, -0.1) is 0 Å². The molecule has 4 nitrogen and oxygen atoms in total. The van der Waals surface area contributed by atoms with Crippen molar-refractivity contribution >= 4 is 17.3 Å². The molecular formula is C12H12N2O2. The van der Waals surface area contributed by atoms with E-state index in [0.717, 1.165) is 0 Å². The van der Waals surface area contributed by atoms with Gasteiger partial charge in [0.2, 0.25) is 0 Å². The zero-order valence-corrected chi connectivity index (χ0v) is 9.18. The lowest BCUT2D eigenvalue weighted by molar-refractivity contribution is -0.119. The number of carbonyl (C=O) groups excluding carboxylic acids is 2. The van der Waals surface area contributed by atoms with Crippen LogP contribution in [0, 0.1) is 5.92 Å². The van der Waals surface area contributed by atoms with Gasteiger partial charge in [0.25, 0.3) is 11.6 Å². The number of Topliss-reactive ketones (excluding diaryl/α,β-unsaturated/α-hetero) is 2. The van der Waals surface area contributed by atoms with Crippen molar-refractivity contribution in [1.82, 2.24) is 0 Å². The summed E-state index contributed by atoms with van der Waals surface area (Å²) in [6, 6.07) is 8.27. The zero-order chi connectivity index (χ0) is 12.1. The van der Waals surface area contributed by atoms with Crippen LogP contribution in [0.1, 0.15) is 24.2 Å². The second-order valence-electron chi connectivity index (χ2n) is 3.66. The van der Waals surface area contributed by atoms with E-state index in [0.29, 0.717) is 5.56 Å². The molecule has 16 heavy (non-hydrogen) atoms. The Morgan fingerprint density at radius 3 is 2.19 bits per heavy atom. The molecule has 1 rings (SSSR count). The molecular weight excluding hydrogens is 204 g/mol. The molecule has 0 bridgehead atoms. The minimum Gasteiger partial charge on any atom is -0.360 e. The molecule has 0 aliphatic rings. The Labute approximate surface area is 93.5 Å². The van der Waals surface area contributed by atoms with Crippen LogP contribution in [0.4, 0.5) is 0 Å². The van der Waals surface area contributed by atoms with Gasteiger partial charge in [0.15, 0.2) is 0 Å². The predicted molar refractivity (Wildman–Crippen MR) is 59.2 cm³/mol. The molecule has 0 aliphatic carbocycles. The second kappa shape index (κ2) is 5.14. The highest BCUT2D eigenvalue weighted by atomic mass is 16.2. The van der Waals surface area contributed by atoms with E-state index in [1.165, 1.54) is 0 Å².